The van der Waals surface area contributed by atoms with E-state index in [4.69, 9.17) is 4.74 Å². The quantitative estimate of drug-likeness (QED) is 0.768. The summed E-state index contributed by atoms with van der Waals surface area (Å²) in [5.41, 5.74) is 1.02. The maximum Gasteiger partial charge on any atom is 0.245 e. The van der Waals surface area contributed by atoms with Crippen molar-refractivity contribution in [2.75, 3.05) is 43.2 Å². The molecule has 2 amide bonds. The van der Waals surface area contributed by atoms with Gasteiger partial charge in [-0.1, -0.05) is 0 Å². The van der Waals surface area contributed by atoms with Gasteiger partial charge in [0.2, 0.25) is 11.8 Å². The van der Waals surface area contributed by atoms with Crippen molar-refractivity contribution in [3.63, 3.8) is 0 Å². The van der Waals surface area contributed by atoms with Crippen molar-refractivity contribution in [1.29, 1.82) is 0 Å². The van der Waals surface area contributed by atoms with E-state index < -0.39 is 20.5 Å². The van der Waals surface area contributed by atoms with E-state index in [2.05, 4.69) is 10.6 Å². The number of carbonyl (C=O) groups excluding carboxylic acids is 2. The van der Waals surface area contributed by atoms with Crippen molar-refractivity contribution in [2.45, 2.75) is 30.4 Å². The third kappa shape index (κ3) is 3.66. The number of nitrogens with one attached hydrogen (secondary N) is 2. The van der Waals surface area contributed by atoms with Crippen LogP contribution in [0.1, 0.15) is 25.7 Å². The van der Waals surface area contributed by atoms with Gasteiger partial charge in [0.25, 0.3) is 0 Å². The lowest BCUT2D eigenvalue weighted by Crippen LogP contribution is -2.55. The maximum absolute atomic E-state index is 13.0. The molecular weight excluding hydrogens is 370 g/mol. The fourth-order valence-electron chi connectivity index (χ4n) is 3.72. The first kappa shape index (κ1) is 19.6. The van der Waals surface area contributed by atoms with Crippen molar-refractivity contribution in [3.8, 4) is 5.75 Å². The average Bonchev–Trinajstić information content (AvgIpc) is 3.07. The normalized spacial score (nSPS) is 19.8. The highest BCUT2D eigenvalue weighted by Gasteiger charge is 2.48. The number of methoxy groups -OCH3 is 1. The molecular formula is C18H25N3O5S. The number of hydrogen-bond acceptors (Lipinski definition) is 6. The highest BCUT2D eigenvalue weighted by Crippen LogP contribution is 2.35. The number of piperidine rings is 1. The van der Waals surface area contributed by atoms with E-state index in [1.807, 2.05) is 0 Å². The Kier molecular flexibility index (Phi) is 5.43. The predicted octanol–water partition coefficient (Wildman–Crippen LogP) is 0.927. The van der Waals surface area contributed by atoms with Gasteiger partial charge in [0, 0.05) is 24.9 Å². The highest BCUT2D eigenvalue weighted by atomic mass is 32.2. The average molecular weight is 395 g/mol. The Hall–Kier alpha value is -2.13. The van der Waals surface area contributed by atoms with Gasteiger partial charge in [-0.25, -0.2) is 8.42 Å². The first-order chi connectivity index (χ1) is 12.8. The molecule has 0 atom stereocenters. The smallest absolute Gasteiger partial charge is 0.245 e. The summed E-state index contributed by atoms with van der Waals surface area (Å²) in [5, 5.41) is 5.84. The second-order valence-electron chi connectivity index (χ2n) is 7.01. The fraction of sp³-hybridized carbons (Fsp3) is 0.556. The minimum Gasteiger partial charge on any atom is -0.495 e. The van der Waals surface area contributed by atoms with Gasteiger partial charge in [0.1, 0.15) is 5.75 Å². The summed E-state index contributed by atoms with van der Waals surface area (Å²) in [7, 11) is -2.08. The Morgan fingerprint density at radius 3 is 2.56 bits per heavy atom. The molecule has 0 radical (unpaired) electrons. The molecule has 8 nitrogen and oxygen atoms in total. The standard InChI is InChI=1S/C18H25N3O5S/c1-26-15-6-5-13(12-14(15)21-11-3-4-16(21)22)20-17(23)18(27(2,24)25)7-9-19-10-8-18/h5-6,12,19H,3-4,7-11H2,1-2H3,(H,20,23). The molecule has 2 aliphatic rings. The van der Waals surface area contributed by atoms with Gasteiger partial charge in [-0.3, -0.25) is 9.59 Å². The summed E-state index contributed by atoms with van der Waals surface area (Å²) in [6.07, 6.45) is 2.81. The summed E-state index contributed by atoms with van der Waals surface area (Å²) >= 11 is 0. The number of anilines is 2. The van der Waals surface area contributed by atoms with Gasteiger partial charge >= 0.3 is 0 Å². The van der Waals surface area contributed by atoms with Crippen LogP contribution in [0.4, 0.5) is 11.4 Å². The summed E-state index contributed by atoms with van der Waals surface area (Å²) in [6.45, 7) is 1.53. The van der Waals surface area contributed by atoms with Gasteiger partial charge in [-0.05, 0) is 50.6 Å². The third-order valence-electron chi connectivity index (χ3n) is 5.34. The fourth-order valence-corrected chi connectivity index (χ4v) is 5.06. The number of nitrogens with zero attached hydrogens (tertiary/aromatic N) is 1. The number of carbonyl (C=O) groups is 2. The van der Waals surface area contributed by atoms with Crippen LogP contribution in [0.5, 0.6) is 5.75 Å². The second-order valence-corrected chi connectivity index (χ2v) is 9.33. The molecule has 2 saturated heterocycles. The Morgan fingerprint density at radius 1 is 1.30 bits per heavy atom. The molecule has 0 unspecified atom stereocenters. The zero-order valence-corrected chi connectivity index (χ0v) is 16.4. The lowest BCUT2D eigenvalue weighted by Gasteiger charge is -2.34. The topological polar surface area (TPSA) is 105 Å². The van der Waals surface area contributed by atoms with Crippen LogP contribution in [-0.4, -0.2) is 58.0 Å². The minimum absolute atomic E-state index is 0.00253. The van der Waals surface area contributed by atoms with Crippen molar-refractivity contribution in [1.82, 2.24) is 5.32 Å². The van der Waals surface area contributed by atoms with Crippen molar-refractivity contribution < 1.29 is 22.7 Å². The number of amides is 2. The van der Waals surface area contributed by atoms with Crippen LogP contribution in [0, 0.1) is 0 Å². The molecule has 2 aliphatic heterocycles. The lowest BCUT2D eigenvalue weighted by atomic mass is 9.95. The summed E-state index contributed by atoms with van der Waals surface area (Å²) < 4.78 is 28.7. The molecule has 0 aromatic heterocycles. The molecule has 2 fully saturated rings. The van der Waals surface area contributed by atoms with Crippen LogP contribution in [0.2, 0.25) is 0 Å². The predicted molar refractivity (Wildman–Crippen MR) is 103 cm³/mol. The summed E-state index contributed by atoms with van der Waals surface area (Å²) in [6, 6.07) is 4.99. The zero-order valence-electron chi connectivity index (χ0n) is 15.6. The van der Waals surface area contributed by atoms with Crippen molar-refractivity contribution in [3.05, 3.63) is 18.2 Å². The van der Waals surface area contributed by atoms with E-state index in [9.17, 15) is 18.0 Å². The molecule has 2 heterocycles. The molecule has 27 heavy (non-hydrogen) atoms. The lowest BCUT2D eigenvalue weighted by molar-refractivity contribution is -0.119. The molecule has 0 aliphatic carbocycles. The number of rotatable bonds is 5. The van der Waals surface area contributed by atoms with Crippen molar-refractivity contribution >= 4 is 33.0 Å². The van der Waals surface area contributed by atoms with Gasteiger partial charge in [-0.15, -0.1) is 0 Å². The highest BCUT2D eigenvalue weighted by molar-refractivity contribution is 7.92. The molecule has 0 saturated carbocycles. The van der Waals surface area contributed by atoms with Crippen LogP contribution in [0.3, 0.4) is 0 Å². The van der Waals surface area contributed by atoms with Gasteiger partial charge in [0.15, 0.2) is 14.6 Å². The van der Waals surface area contributed by atoms with Crippen LogP contribution in [0.15, 0.2) is 18.2 Å². The Balaban J connectivity index is 1.90. The van der Waals surface area contributed by atoms with Gasteiger partial charge in [-0.2, -0.15) is 0 Å². The SMILES string of the molecule is COc1ccc(NC(=O)C2(S(C)(=O)=O)CCNCC2)cc1N1CCCC1=O. The van der Waals surface area contributed by atoms with E-state index in [0.717, 1.165) is 12.7 Å². The summed E-state index contributed by atoms with van der Waals surface area (Å²) in [4.78, 5) is 26.7. The number of hydrogen-bond donors (Lipinski definition) is 2. The van der Waals surface area contributed by atoms with Crippen molar-refractivity contribution in [2.24, 2.45) is 0 Å². The minimum atomic E-state index is -3.60. The molecule has 9 heteroatoms. The molecule has 0 spiro atoms. The van der Waals surface area contributed by atoms with Crippen LogP contribution in [-0.2, 0) is 19.4 Å². The maximum atomic E-state index is 13.0. The number of ether oxygens (including phenoxy) is 1. The molecule has 1 aromatic rings. The zero-order chi connectivity index (χ0) is 19.7. The third-order valence-corrected chi connectivity index (χ3v) is 7.35. The monoisotopic (exact) mass is 395 g/mol. The van der Waals surface area contributed by atoms with E-state index in [1.54, 1.807) is 23.1 Å². The van der Waals surface area contributed by atoms with E-state index in [0.29, 0.717) is 43.2 Å². The summed E-state index contributed by atoms with van der Waals surface area (Å²) in [5.74, 6) is 0.000967. The first-order valence-corrected chi connectivity index (χ1v) is 10.9. The first-order valence-electron chi connectivity index (χ1n) is 8.99. The number of sulfone groups is 1. The Bertz CT molecular complexity index is 847. The van der Waals surface area contributed by atoms with Crippen LogP contribution < -0.4 is 20.3 Å². The molecule has 1 aromatic carbocycles. The van der Waals surface area contributed by atoms with Crippen LogP contribution in [0.25, 0.3) is 0 Å². The Morgan fingerprint density at radius 2 is 2.00 bits per heavy atom. The molecule has 148 valence electrons. The molecule has 3 rings (SSSR count). The van der Waals surface area contributed by atoms with Gasteiger partial charge in [0.05, 0.1) is 12.8 Å². The molecule has 0 bridgehead atoms. The molecule has 2 N–H and O–H groups in total. The largest absolute Gasteiger partial charge is 0.495 e. The van der Waals surface area contributed by atoms with E-state index in [1.165, 1.54) is 7.11 Å². The second kappa shape index (κ2) is 7.47. The Labute approximate surface area is 159 Å². The van der Waals surface area contributed by atoms with E-state index in [-0.39, 0.29) is 18.7 Å². The van der Waals surface area contributed by atoms with Gasteiger partial charge < -0.3 is 20.3 Å². The van der Waals surface area contributed by atoms with E-state index >= 15 is 0 Å². The van der Waals surface area contributed by atoms with Crippen LogP contribution >= 0.6 is 0 Å². The number of benzene rings is 1.